The van der Waals surface area contributed by atoms with Gasteiger partial charge in [-0.15, -0.1) is 11.8 Å². The molecule has 0 saturated heterocycles. The first-order valence-electron chi connectivity index (χ1n) is 5.54. The van der Waals surface area contributed by atoms with Gasteiger partial charge in [0.1, 0.15) is 0 Å². The number of thioether (sulfide) groups is 1. The second kappa shape index (κ2) is 4.50. The largest absolute Gasteiger partial charge is 0.481 e. The Morgan fingerprint density at radius 1 is 1.31 bits per heavy atom. The molecule has 1 fully saturated rings. The highest BCUT2D eigenvalue weighted by atomic mass is 32.2. The third-order valence-corrected chi connectivity index (χ3v) is 4.69. The van der Waals surface area contributed by atoms with Gasteiger partial charge in [0.25, 0.3) is 0 Å². The van der Waals surface area contributed by atoms with Crippen molar-refractivity contribution in [2.45, 2.75) is 36.8 Å². The first-order chi connectivity index (χ1) is 7.58. The molecule has 86 valence electrons. The molecular weight excluding hydrogens is 220 g/mol. The normalized spacial score (nSPS) is 23.9. The highest BCUT2D eigenvalue weighted by molar-refractivity contribution is 8.00. The molecule has 0 bridgehead atoms. The number of rotatable bonds is 3. The summed E-state index contributed by atoms with van der Waals surface area (Å²) in [4.78, 5) is 12.1. The summed E-state index contributed by atoms with van der Waals surface area (Å²) in [6.45, 7) is 4.18. The molecule has 16 heavy (non-hydrogen) atoms. The Labute approximate surface area is 100 Å². The zero-order chi connectivity index (χ0) is 11.7. The Hall–Kier alpha value is -0.960. The van der Waals surface area contributed by atoms with Crippen LogP contribution >= 0.6 is 11.8 Å². The third-order valence-electron chi connectivity index (χ3n) is 3.29. The van der Waals surface area contributed by atoms with Crippen LogP contribution in [0.1, 0.15) is 24.0 Å². The molecule has 1 N–H and O–H groups in total. The van der Waals surface area contributed by atoms with Crippen LogP contribution in [-0.2, 0) is 4.79 Å². The summed E-state index contributed by atoms with van der Waals surface area (Å²) in [7, 11) is 0. The van der Waals surface area contributed by atoms with Gasteiger partial charge in [0, 0.05) is 10.1 Å². The summed E-state index contributed by atoms with van der Waals surface area (Å²) >= 11 is 1.71. The van der Waals surface area contributed by atoms with Crippen molar-refractivity contribution in [2.24, 2.45) is 5.92 Å². The molecule has 2 atom stereocenters. The molecule has 1 aliphatic carbocycles. The summed E-state index contributed by atoms with van der Waals surface area (Å²) in [5.74, 6) is -0.792. The van der Waals surface area contributed by atoms with Crippen LogP contribution in [0.25, 0.3) is 0 Å². The quantitative estimate of drug-likeness (QED) is 0.875. The molecule has 2 nitrogen and oxygen atoms in total. The van der Waals surface area contributed by atoms with Gasteiger partial charge in [-0.25, -0.2) is 0 Å². The van der Waals surface area contributed by atoms with E-state index >= 15 is 0 Å². The van der Waals surface area contributed by atoms with Gasteiger partial charge in [0.15, 0.2) is 0 Å². The van der Waals surface area contributed by atoms with Crippen LogP contribution < -0.4 is 0 Å². The van der Waals surface area contributed by atoms with Crippen LogP contribution in [0, 0.1) is 19.8 Å². The van der Waals surface area contributed by atoms with Crippen molar-refractivity contribution >= 4 is 17.7 Å². The number of aliphatic carboxylic acids is 1. The first-order valence-corrected chi connectivity index (χ1v) is 6.42. The Morgan fingerprint density at radius 2 is 2.06 bits per heavy atom. The number of benzene rings is 1. The number of hydrogen-bond acceptors (Lipinski definition) is 2. The molecular formula is C13H16O2S. The Kier molecular flexibility index (Phi) is 3.24. The van der Waals surface area contributed by atoms with Crippen LogP contribution in [0.5, 0.6) is 0 Å². The van der Waals surface area contributed by atoms with Crippen LogP contribution in [0.4, 0.5) is 0 Å². The lowest BCUT2D eigenvalue weighted by Gasteiger charge is -2.32. The van der Waals surface area contributed by atoms with Gasteiger partial charge < -0.3 is 5.11 Å². The molecule has 2 rings (SSSR count). The van der Waals surface area contributed by atoms with Crippen molar-refractivity contribution in [3.05, 3.63) is 29.3 Å². The number of aryl methyl sites for hydroxylation is 2. The summed E-state index contributed by atoms with van der Waals surface area (Å²) in [5.41, 5.74) is 2.56. The van der Waals surface area contributed by atoms with Gasteiger partial charge in [-0.1, -0.05) is 6.07 Å². The number of carboxylic acid groups (broad SMARTS) is 1. The standard InChI is InChI=1S/C13H16O2S/c1-8-3-4-10(7-9(8)2)16-12-6-5-11(12)13(14)15/h3-4,7,11-12H,5-6H2,1-2H3,(H,14,15). The molecule has 1 aromatic rings. The molecule has 2 unspecified atom stereocenters. The molecule has 0 aromatic heterocycles. The Morgan fingerprint density at radius 3 is 2.56 bits per heavy atom. The van der Waals surface area contributed by atoms with E-state index in [0.29, 0.717) is 0 Å². The van der Waals surface area contributed by atoms with Crippen LogP contribution in [0.2, 0.25) is 0 Å². The van der Waals surface area contributed by atoms with Crippen molar-refractivity contribution in [1.82, 2.24) is 0 Å². The van der Waals surface area contributed by atoms with E-state index in [4.69, 9.17) is 5.11 Å². The van der Waals surface area contributed by atoms with Gasteiger partial charge in [0.05, 0.1) is 5.92 Å². The van der Waals surface area contributed by atoms with Crippen molar-refractivity contribution in [2.75, 3.05) is 0 Å². The minimum absolute atomic E-state index is 0.147. The number of hydrogen-bond donors (Lipinski definition) is 1. The zero-order valence-electron chi connectivity index (χ0n) is 9.56. The van der Waals surface area contributed by atoms with Gasteiger partial charge in [-0.2, -0.15) is 0 Å². The minimum Gasteiger partial charge on any atom is -0.481 e. The lowest BCUT2D eigenvalue weighted by atomic mass is 9.85. The summed E-state index contributed by atoms with van der Waals surface area (Å²) in [6, 6.07) is 6.34. The van der Waals surface area contributed by atoms with Gasteiger partial charge in [0.2, 0.25) is 0 Å². The average Bonchev–Trinajstić information content (AvgIpc) is 2.17. The topological polar surface area (TPSA) is 37.3 Å². The summed E-state index contributed by atoms with van der Waals surface area (Å²) in [5, 5.41) is 9.23. The third kappa shape index (κ3) is 2.24. The minimum atomic E-state index is -0.646. The smallest absolute Gasteiger partial charge is 0.307 e. The van der Waals surface area contributed by atoms with E-state index in [-0.39, 0.29) is 11.2 Å². The maximum Gasteiger partial charge on any atom is 0.307 e. The second-order valence-electron chi connectivity index (χ2n) is 4.42. The van der Waals surface area contributed by atoms with E-state index in [2.05, 4.69) is 32.0 Å². The lowest BCUT2D eigenvalue weighted by molar-refractivity contribution is -0.144. The molecule has 1 aliphatic rings. The summed E-state index contributed by atoms with van der Waals surface area (Å²) < 4.78 is 0. The molecule has 0 heterocycles. The maximum absolute atomic E-state index is 10.9. The zero-order valence-corrected chi connectivity index (χ0v) is 10.4. The number of carboxylic acids is 1. The molecule has 0 amide bonds. The van der Waals surface area contributed by atoms with E-state index in [1.54, 1.807) is 11.8 Å². The number of carbonyl (C=O) groups is 1. The van der Waals surface area contributed by atoms with Crippen molar-refractivity contribution in [3.63, 3.8) is 0 Å². The van der Waals surface area contributed by atoms with Crippen molar-refractivity contribution < 1.29 is 9.90 Å². The van der Waals surface area contributed by atoms with Crippen molar-refractivity contribution in [3.8, 4) is 0 Å². The SMILES string of the molecule is Cc1ccc(SC2CCC2C(=O)O)cc1C. The molecule has 0 spiro atoms. The fraction of sp³-hybridized carbons (Fsp3) is 0.462. The highest BCUT2D eigenvalue weighted by Crippen LogP contribution is 2.41. The van der Waals surface area contributed by atoms with E-state index in [9.17, 15) is 4.79 Å². The molecule has 1 aromatic carbocycles. The molecule has 0 radical (unpaired) electrons. The van der Waals surface area contributed by atoms with Crippen LogP contribution in [-0.4, -0.2) is 16.3 Å². The van der Waals surface area contributed by atoms with E-state index in [1.165, 1.54) is 16.0 Å². The molecule has 3 heteroatoms. The Balaban J connectivity index is 2.04. The fourth-order valence-electron chi connectivity index (χ4n) is 1.85. The predicted octanol–water partition coefficient (Wildman–Crippen LogP) is 3.26. The van der Waals surface area contributed by atoms with Gasteiger partial charge in [-0.3, -0.25) is 4.79 Å². The van der Waals surface area contributed by atoms with Crippen LogP contribution in [0.3, 0.4) is 0 Å². The summed E-state index contributed by atoms with van der Waals surface area (Å²) in [6.07, 6.45) is 1.85. The monoisotopic (exact) mass is 236 g/mol. The highest BCUT2D eigenvalue weighted by Gasteiger charge is 2.37. The van der Waals surface area contributed by atoms with E-state index in [0.717, 1.165) is 12.8 Å². The van der Waals surface area contributed by atoms with Gasteiger partial charge >= 0.3 is 5.97 Å². The molecule has 0 aliphatic heterocycles. The van der Waals surface area contributed by atoms with E-state index in [1.807, 2.05) is 0 Å². The fourth-order valence-corrected chi connectivity index (χ4v) is 3.27. The average molecular weight is 236 g/mol. The lowest BCUT2D eigenvalue weighted by Crippen LogP contribution is -2.35. The second-order valence-corrected chi connectivity index (χ2v) is 5.74. The Bertz CT molecular complexity index is 414. The molecule has 1 saturated carbocycles. The maximum atomic E-state index is 10.9. The van der Waals surface area contributed by atoms with Crippen molar-refractivity contribution in [1.29, 1.82) is 0 Å². The predicted molar refractivity (Wildman–Crippen MR) is 65.9 cm³/mol. The first kappa shape index (κ1) is 11.5. The van der Waals surface area contributed by atoms with Crippen LogP contribution in [0.15, 0.2) is 23.1 Å². The van der Waals surface area contributed by atoms with E-state index < -0.39 is 5.97 Å². The van der Waals surface area contributed by atoms with Gasteiger partial charge in [-0.05, 0) is 49.9 Å².